The van der Waals surface area contributed by atoms with Gasteiger partial charge in [-0.2, -0.15) is 5.26 Å². The van der Waals surface area contributed by atoms with Crippen molar-refractivity contribution in [2.24, 2.45) is 0 Å². The van der Waals surface area contributed by atoms with E-state index >= 15 is 0 Å². The maximum Gasteiger partial charge on any atom is 0.289 e. The first-order chi connectivity index (χ1) is 6.19. The van der Waals surface area contributed by atoms with Gasteiger partial charge in [0, 0.05) is 6.07 Å². The highest BCUT2D eigenvalue weighted by molar-refractivity contribution is 5.54. The van der Waals surface area contributed by atoms with Gasteiger partial charge in [0.05, 0.1) is 4.92 Å². The number of hydrogen-bond acceptors (Lipinski definition) is 6. The fraction of sp³-hybridized carbons (Fsp3) is 0. The van der Waals surface area contributed by atoms with E-state index in [2.05, 4.69) is 4.98 Å². The number of hydrogen-bond donors (Lipinski definition) is 2. The summed E-state index contributed by atoms with van der Waals surface area (Å²) in [6.45, 7) is 0. The molecule has 2 N–H and O–H groups in total. The van der Waals surface area contributed by atoms with Crippen LogP contribution in [0.3, 0.4) is 0 Å². The van der Waals surface area contributed by atoms with E-state index in [-0.39, 0.29) is 17.1 Å². The SMILES string of the molecule is N#Cc1cc([N+](=O)[O-])cnc1NO. The third kappa shape index (κ3) is 1.69. The Morgan fingerprint density at radius 1 is 1.77 bits per heavy atom. The largest absolute Gasteiger partial charge is 0.290 e. The average molecular weight is 180 g/mol. The van der Waals surface area contributed by atoms with Crippen molar-refractivity contribution in [1.82, 2.24) is 4.98 Å². The number of nitro groups is 1. The van der Waals surface area contributed by atoms with E-state index in [1.165, 1.54) is 0 Å². The predicted molar refractivity (Wildman–Crippen MR) is 41.0 cm³/mol. The molecule has 0 unspecified atom stereocenters. The lowest BCUT2D eigenvalue weighted by molar-refractivity contribution is -0.385. The van der Waals surface area contributed by atoms with Gasteiger partial charge < -0.3 is 0 Å². The molecular weight excluding hydrogens is 176 g/mol. The van der Waals surface area contributed by atoms with E-state index in [1.807, 2.05) is 0 Å². The van der Waals surface area contributed by atoms with E-state index in [0.717, 1.165) is 12.3 Å². The van der Waals surface area contributed by atoms with Crippen LogP contribution in [0.15, 0.2) is 12.3 Å². The molecule has 0 aliphatic carbocycles. The van der Waals surface area contributed by atoms with Crippen molar-refractivity contribution in [1.29, 1.82) is 5.26 Å². The highest BCUT2D eigenvalue weighted by Gasteiger charge is 2.10. The van der Waals surface area contributed by atoms with Crippen molar-refractivity contribution >= 4 is 11.5 Å². The van der Waals surface area contributed by atoms with Crippen molar-refractivity contribution < 1.29 is 10.1 Å². The van der Waals surface area contributed by atoms with Crippen LogP contribution in [0.5, 0.6) is 0 Å². The van der Waals surface area contributed by atoms with Gasteiger partial charge in [-0.15, -0.1) is 0 Å². The monoisotopic (exact) mass is 180 g/mol. The van der Waals surface area contributed by atoms with Crippen molar-refractivity contribution in [3.05, 3.63) is 27.9 Å². The number of nitrogens with zero attached hydrogens (tertiary/aromatic N) is 3. The molecule has 0 aliphatic rings. The second-order valence-corrected chi connectivity index (χ2v) is 2.07. The summed E-state index contributed by atoms with van der Waals surface area (Å²) in [7, 11) is 0. The predicted octanol–water partition coefficient (Wildman–Crippen LogP) is 0.663. The van der Waals surface area contributed by atoms with Crippen molar-refractivity contribution in [2.45, 2.75) is 0 Å². The van der Waals surface area contributed by atoms with Gasteiger partial charge in [-0.1, -0.05) is 0 Å². The van der Waals surface area contributed by atoms with Gasteiger partial charge in [0.1, 0.15) is 17.8 Å². The first-order valence-electron chi connectivity index (χ1n) is 3.13. The summed E-state index contributed by atoms with van der Waals surface area (Å²) in [5.41, 5.74) is 1.27. The maximum absolute atomic E-state index is 10.2. The third-order valence-electron chi connectivity index (χ3n) is 1.31. The first kappa shape index (κ1) is 8.89. The van der Waals surface area contributed by atoms with E-state index in [0.29, 0.717) is 0 Å². The summed E-state index contributed by atoms with van der Waals surface area (Å²) in [5, 5.41) is 27.2. The molecule has 0 saturated heterocycles. The highest BCUT2D eigenvalue weighted by Crippen LogP contribution is 2.17. The lowest BCUT2D eigenvalue weighted by Gasteiger charge is -1.98. The Kier molecular flexibility index (Phi) is 2.37. The molecule has 0 aromatic carbocycles. The van der Waals surface area contributed by atoms with Gasteiger partial charge in [-0.05, 0) is 0 Å². The molecule has 1 heterocycles. The standard InChI is InChI=1S/C6H4N4O3/c7-2-4-1-5(10(12)13)3-8-6(4)9-11/h1,3,11H,(H,8,9). The summed E-state index contributed by atoms with van der Waals surface area (Å²) in [6.07, 6.45) is 0.944. The van der Waals surface area contributed by atoms with Gasteiger partial charge in [0.25, 0.3) is 5.69 Å². The Morgan fingerprint density at radius 2 is 2.46 bits per heavy atom. The molecule has 7 nitrogen and oxygen atoms in total. The van der Waals surface area contributed by atoms with Gasteiger partial charge in [-0.25, -0.2) is 4.98 Å². The lowest BCUT2D eigenvalue weighted by Crippen LogP contribution is -1.98. The summed E-state index contributed by atoms with van der Waals surface area (Å²) >= 11 is 0. The molecule has 0 radical (unpaired) electrons. The summed E-state index contributed by atoms with van der Waals surface area (Å²) < 4.78 is 0. The van der Waals surface area contributed by atoms with Gasteiger partial charge in [-0.3, -0.25) is 20.8 Å². The van der Waals surface area contributed by atoms with Crippen LogP contribution >= 0.6 is 0 Å². The van der Waals surface area contributed by atoms with Crippen LogP contribution in [-0.4, -0.2) is 15.1 Å². The minimum absolute atomic E-state index is 0.0864. The number of anilines is 1. The van der Waals surface area contributed by atoms with Crippen LogP contribution in [0.25, 0.3) is 0 Å². The molecule has 0 fully saturated rings. The fourth-order valence-corrected chi connectivity index (χ4v) is 0.728. The molecule has 0 atom stereocenters. The second-order valence-electron chi connectivity index (χ2n) is 2.07. The lowest BCUT2D eigenvalue weighted by atomic mass is 10.2. The number of rotatable bonds is 2. The smallest absolute Gasteiger partial charge is 0.289 e. The molecule has 0 aliphatic heterocycles. The normalized spacial score (nSPS) is 8.92. The van der Waals surface area contributed by atoms with Crippen LogP contribution in [0.4, 0.5) is 11.5 Å². The molecule has 0 spiro atoms. The quantitative estimate of drug-likeness (QED) is 0.510. The minimum atomic E-state index is -0.672. The number of aromatic nitrogens is 1. The zero-order valence-electron chi connectivity index (χ0n) is 6.26. The highest BCUT2D eigenvalue weighted by atomic mass is 16.6. The molecule has 13 heavy (non-hydrogen) atoms. The summed E-state index contributed by atoms with van der Waals surface area (Å²) in [5.74, 6) is -0.104. The zero-order valence-corrected chi connectivity index (χ0v) is 6.26. The Morgan fingerprint density at radius 3 is 2.92 bits per heavy atom. The number of nitriles is 1. The molecule has 1 aromatic rings. The summed E-state index contributed by atoms with van der Waals surface area (Å²) in [4.78, 5) is 13.0. The molecular formula is C6H4N4O3. The average Bonchev–Trinajstić information content (AvgIpc) is 2.16. The number of nitrogens with one attached hydrogen (secondary N) is 1. The molecule has 0 bridgehead atoms. The van der Waals surface area contributed by atoms with E-state index in [4.69, 9.17) is 10.5 Å². The molecule has 0 amide bonds. The summed E-state index contributed by atoms with van der Waals surface area (Å²) in [6, 6.07) is 2.67. The number of pyridine rings is 1. The van der Waals surface area contributed by atoms with Gasteiger partial charge in [0.2, 0.25) is 0 Å². The molecule has 1 aromatic heterocycles. The Hall–Kier alpha value is -2.20. The van der Waals surface area contributed by atoms with Crippen molar-refractivity contribution in [2.75, 3.05) is 5.48 Å². The minimum Gasteiger partial charge on any atom is -0.290 e. The third-order valence-corrected chi connectivity index (χ3v) is 1.31. The fourth-order valence-electron chi connectivity index (χ4n) is 0.728. The van der Waals surface area contributed by atoms with Crippen LogP contribution in [0, 0.1) is 21.4 Å². The maximum atomic E-state index is 10.2. The van der Waals surface area contributed by atoms with E-state index < -0.39 is 4.92 Å². The Labute approximate surface area is 72.4 Å². The van der Waals surface area contributed by atoms with Gasteiger partial charge in [0.15, 0.2) is 5.82 Å². The molecule has 66 valence electrons. The zero-order chi connectivity index (χ0) is 9.84. The van der Waals surface area contributed by atoms with Crippen LogP contribution in [0.2, 0.25) is 0 Å². The second kappa shape index (κ2) is 3.46. The van der Waals surface area contributed by atoms with Crippen LogP contribution in [0.1, 0.15) is 5.56 Å². The van der Waals surface area contributed by atoms with Crippen LogP contribution < -0.4 is 5.48 Å². The Bertz CT molecular complexity index is 384. The van der Waals surface area contributed by atoms with Gasteiger partial charge >= 0.3 is 0 Å². The van der Waals surface area contributed by atoms with Crippen molar-refractivity contribution in [3.63, 3.8) is 0 Å². The first-order valence-corrected chi connectivity index (χ1v) is 3.13. The Balaban J connectivity index is 3.23. The molecule has 7 heteroatoms. The molecule has 1 rings (SSSR count). The van der Waals surface area contributed by atoms with Crippen molar-refractivity contribution in [3.8, 4) is 6.07 Å². The molecule has 0 saturated carbocycles. The van der Waals surface area contributed by atoms with Crippen LogP contribution in [-0.2, 0) is 0 Å². The topological polar surface area (TPSA) is 112 Å². The van der Waals surface area contributed by atoms with E-state index in [1.54, 1.807) is 11.5 Å². The van der Waals surface area contributed by atoms with E-state index in [9.17, 15) is 10.1 Å².